The number of rotatable bonds is 10. The van der Waals surface area contributed by atoms with Crippen LogP contribution in [0.4, 0.5) is 0 Å². The summed E-state index contributed by atoms with van der Waals surface area (Å²) in [5, 5.41) is 6.22. The molecule has 0 radical (unpaired) electrons. The molecule has 0 aliphatic rings. The van der Waals surface area contributed by atoms with E-state index in [0.717, 1.165) is 30.1 Å². The van der Waals surface area contributed by atoms with E-state index in [2.05, 4.69) is 56.6 Å². The number of ketones is 2. The molecule has 0 aliphatic carbocycles. The zero-order valence-electron chi connectivity index (χ0n) is 44.8. The van der Waals surface area contributed by atoms with Gasteiger partial charge in [-0.05, 0) is 48.5 Å². The molecule has 0 fully saturated rings. The van der Waals surface area contributed by atoms with Crippen molar-refractivity contribution in [3.8, 4) is 0 Å². The fraction of sp³-hybridized carbons (Fsp3) is 0.692. The van der Waals surface area contributed by atoms with Gasteiger partial charge in [-0.15, -0.1) is 0 Å². The Kier molecular flexibility index (Phi) is 49.2. The fourth-order valence-corrected chi connectivity index (χ4v) is 6.38. The second kappa shape index (κ2) is 41.7. The number of H-pyrrole nitrogens is 2. The first-order chi connectivity index (χ1) is 29.8. The van der Waals surface area contributed by atoms with Crippen LogP contribution in [-0.2, 0) is 55.7 Å². The number of aromatic nitrogens is 5. The summed E-state index contributed by atoms with van der Waals surface area (Å²) in [6.07, 6.45) is 4.78. The van der Waals surface area contributed by atoms with Gasteiger partial charge >= 0.3 is 0 Å². The van der Waals surface area contributed by atoms with Crippen molar-refractivity contribution in [3.63, 3.8) is 0 Å². The number of carbonyl (C=O) groups is 2. The predicted octanol–water partition coefficient (Wildman–Crippen LogP) is 5.57. The first kappa shape index (κ1) is 79.1. The molecule has 0 saturated carbocycles. The van der Waals surface area contributed by atoms with Crippen molar-refractivity contribution in [2.24, 2.45) is 0 Å². The second-order valence-corrected chi connectivity index (χ2v) is 29.4. The number of aromatic amines is 2. The van der Waals surface area contributed by atoms with Gasteiger partial charge in [-0.25, -0.2) is 31.5 Å². The molecule has 28 heteroatoms. The van der Waals surface area contributed by atoms with Crippen molar-refractivity contribution in [3.05, 3.63) is 64.1 Å². The van der Waals surface area contributed by atoms with Crippen molar-refractivity contribution in [1.82, 2.24) is 23.9 Å². The van der Waals surface area contributed by atoms with Crippen LogP contribution in [0.3, 0.4) is 0 Å². The van der Waals surface area contributed by atoms with Crippen molar-refractivity contribution < 1.29 is 73.0 Å². The van der Waals surface area contributed by atoms with Crippen molar-refractivity contribution in [1.29, 1.82) is 0 Å². The summed E-state index contributed by atoms with van der Waals surface area (Å²) in [6.45, 7) is 18.0. The quantitative estimate of drug-likeness (QED) is 0.185. The third-order valence-corrected chi connectivity index (χ3v) is 12.7. The highest BCUT2D eigenvalue weighted by molar-refractivity contribution is 7.89. The van der Waals surface area contributed by atoms with Gasteiger partial charge in [-0.2, -0.15) is 9.47 Å². The largest absolute Gasteiger partial charge is 0.632 e. The molecule has 2 N–H and O–H groups in total. The number of sulfone groups is 1. The molecule has 2 aromatic heterocycles. The van der Waals surface area contributed by atoms with Crippen molar-refractivity contribution in [2.75, 3.05) is 137 Å². The topological polar surface area (TPSA) is 291 Å². The minimum Gasteiger partial charge on any atom is -0.632 e. The number of nitrogens with zero attached hydrogens (tertiary/aromatic N) is 5. The Morgan fingerprint density at radius 2 is 1.13 bits per heavy atom. The molecule has 3 aromatic rings. The van der Waals surface area contributed by atoms with E-state index < -0.39 is 40.5 Å². The number of nitrogens with one attached hydrogen (secondary N) is 2. The van der Waals surface area contributed by atoms with Gasteiger partial charge in [0.25, 0.3) is 20.9 Å². The molecule has 0 aliphatic heterocycles. The molecular formula is C39H87N7O15P4S2+2. The Morgan fingerprint density at radius 3 is 1.22 bits per heavy atom. The van der Waals surface area contributed by atoms with Gasteiger partial charge in [0.05, 0.1) is 77.4 Å². The Bertz CT molecular complexity index is 1870. The summed E-state index contributed by atoms with van der Waals surface area (Å²) in [4.78, 5) is 55.0. The number of hydrogen-bond acceptors (Lipinski definition) is 19. The number of hydrogen-bond donors (Lipinski definition) is 2. The van der Waals surface area contributed by atoms with E-state index in [1.165, 1.54) is 88.9 Å². The summed E-state index contributed by atoms with van der Waals surface area (Å²) in [5.74, 6) is 1.19. The van der Waals surface area contributed by atoms with E-state index in [4.69, 9.17) is 13.6 Å². The molecule has 0 saturated heterocycles. The molecule has 398 valence electrons. The van der Waals surface area contributed by atoms with E-state index in [1.54, 1.807) is 26.9 Å². The first-order valence-corrected chi connectivity index (χ1v) is 31.1. The van der Waals surface area contributed by atoms with Crippen LogP contribution >= 0.6 is 42.4 Å². The lowest BCUT2D eigenvalue weighted by atomic mass is 10.2. The lowest BCUT2D eigenvalue weighted by Gasteiger charge is -2.31. The smallest absolute Gasteiger partial charge is 0.292 e. The highest BCUT2D eigenvalue weighted by atomic mass is 32.2. The van der Waals surface area contributed by atoms with Crippen LogP contribution in [0.1, 0.15) is 44.8 Å². The Morgan fingerprint density at radius 1 is 0.761 bits per heavy atom. The third-order valence-electron chi connectivity index (χ3n) is 5.45. The number of quaternary nitrogens is 2. The standard InChI is InChI=1S/C7H8.C6H17NO3P.C6H17NO2P.C3H5N3.C3H4N2OS.C3H9O3P.C3H9O2P.2C3H6O.C2H6O2S/c1-7-5-3-2-4-6-7;1-7(2,3)6-11(8,9-4)10-5;1-7(2,3)6-10(5,8)9-4;1-3-4-2-5-6-3;1-2-3(6)5-7-4-2;1-5-7(3,4)6-2;1-5-6(2,3)4;2*1-3(2)4;1-5(2,3)4/h2-6H,1H3;6H2,1-5H3;6H2,1-5H3;2H,1H3,(H,4,5,6);1H3,(H,5,6);1-3H3;1-3H3;2*1-2H3;1-2H3/q;2*+1;;;;;;;. The average molecular weight is 1080 g/mol. The maximum absolute atomic E-state index is 11.5. The van der Waals surface area contributed by atoms with E-state index in [-0.39, 0.29) is 17.1 Å². The summed E-state index contributed by atoms with van der Waals surface area (Å²) >= 11 is 1.08. The molecule has 0 bridgehead atoms. The Labute approximate surface area is 408 Å². The van der Waals surface area contributed by atoms with Crippen LogP contribution in [0.2, 0.25) is 0 Å². The van der Waals surface area contributed by atoms with Gasteiger partial charge in [0.15, 0.2) is 13.7 Å². The van der Waals surface area contributed by atoms with Gasteiger partial charge in [0, 0.05) is 58.5 Å². The normalized spacial score (nSPS) is 11.6. The minimum atomic E-state index is -2.83. The van der Waals surface area contributed by atoms with E-state index in [1.807, 2.05) is 67.4 Å². The summed E-state index contributed by atoms with van der Waals surface area (Å²) in [7, 11) is 7.62. The molecule has 22 nitrogen and oxygen atoms in total. The van der Waals surface area contributed by atoms with Gasteiger partial charge in [-0.1, -0.05) is 35.9 Å². The highest BCUT2D eigenvalue weighted by Gasteiger charge is 2.34. The molecule has 1 aromatic carbocycles. The zero-order chi connectivity index (χ0) is 55.1. The highest BCUT2D eigenvalue weighted by Crippen LogP contribution is 2.51. The van der Waals surface area contributed by atoms with Crippen molar-refractivity contribution >= 4 is 63.8 Å². The molecule has 0 amide bonds. The first-order valence-electron chi connectivity index (χ1n) is 19.5. The SMILES string of the molecule is CC(C)=O.CC(C)=O.COP(C)(=O)C[N+](C)(C)C.COP(C)(C)=O.CO[P+](C)([O-])OC.CO[P+]([O-])(C[N+](C)(C)C)OC.CS(C)(=O)=O.Cc1ccccc1.Cc1ncn[nH]1.Cc1ns[nH]c1=O. The van der Waals surface area contributed by atoms with Gasteiger partial charge in [0.2, 0.25) is 14.2 Å². The third kappa shape index (κ3) is 87.5. The lowest BCUT2D eigenvalue weighted by molar-refractivity contribution is -0.860. The molecule has 0 spiro atoms. The molecule has 1 unspecified atom stereocenters. The predicted molar refractivity (Wildman–Crippen MR) is 274 cm³/mol. The number of carbonyl (C=O) groups excluding carboxylic acids is 2. The van der Waals surface area contributed by atoms with Crippen LogP contribution in [0.15, 0.2) is 41.5 Å². The second-order valence-electron chi connectivity index (χ2n) is 16.5. The van der Waals surface area contributed by atoms with Crippen LogP contribution in [0, 0.1) is 20.8 Å². The molecule has 2 heterocycles. The average Bonchev–Trinajstić information content (AvgIpc) is 3.79. The molecular weight excluding hydrogens is 994 g/mol. The van der Waals surface area contributed by atoms with Crippen LogP contribution in [-0.4, -0.2) is 190 Å². The molecule has 3 rings (SSSR count). The van der Waals surface area contributed by atoms with E-state index >= 15 is 0 Å². The summed E-state index contributed by atoms with van der Waals surface area (Å²) in [6, 6.07) is 10.3. The van der Waals surface area contributed by atoms with E-state index in [0.29, 0.717) is 27.2 Å². The number of aryl methyl sites for hydroxylation is 3. The fourth-order valence-electron chi connectivity index (χ4n) is 2.66. The summed E-state index contributed by atoms with van der Waals surface area (Å²) in [5.41, 5.74) is 1.79. The van der Waals surface area contributed by atoms with Crippen LogP contribution < -0.4 is 15.3 Å². The van der Waals surface area contributed by atoms with E-state index in [9.17, 15) is 41.7 Å². The lowest BCUT2D eigenvalue weighted by Crippen LogP contribution is -2.39. The van der Waals surface area contributed by atoms with Crippen LogP contribution in [0.5, 0.6) is 0 Å². The summed E-state index contributed by atoms with van der Waals surface area (Å²) < 4.78 is 76.1. The maximum atomic E-state index is 11.5. The van der Waals surface area contributed by atoms with Crippen molar-refractivity contribution in [2.45, 2.75) is 48.5 Å². The maximum Gasteiger partial charge on any atom is 0.292 e. The van der Waals surface area contributed by atoms with Gasteiger partial charge in [0.1, 0.15) is 39.2 Å². The molecule has 1 atom stereocenters. The molecule has 67 heavy (non-hydrogen) atoms. The van der Waals surface area contributed by atoms with Gasteiger partial charge < -0.3 is 32.9 Å². The monoisotopic (exact) mass is 1080 g/mol. The van der Waals surface area contributed by atoms with Crippen LogP contribution in [0.25, 0.3) is 0 Å². The Hall–Kier alpha value is -2.07. The number of Topliss-reactive ketones (excluding diaryl/α,β-unsaturated/α-hetero) is 2. The Balaban J connectivity index is -0.000000121. The number of benzene rings is 1. The van der Waals surface area contributed by atoms with Gasteiger partial charge in [-0.3, -0.25) is 27.9 Å². The zero-order valence-corrected chi connectivity index (χ0v) is 50.1. The minimum absolute atomic E-state index is 0.0787.